The van der Waals surface area contributed by atoms with Crippen molar-refractivity contribution in [2.24, 2.45) is 0 Å². The molecule has 0 radical (unpaired) electrons. The van der Waals surface area contributed by atoms with E-state index in [0.29, 0.717) is 10.7 Å². The summed E-state index contributed by atoms with van der Waals surface area (Å²) in [6.45, 7) is 3.88. The van der Waals surface area contributed by atoms with Crippen LogP contribution in [0.3, 0.4) is 0 Å². The first-order chi connectivity index (χ1) is 15.5. The molecule has 0 unspecified atom stereocenters. The minimum atomic E-state index is -0.360. The number of carbonyl (C=O) groups is 2. The van der Waals surface area contributed by atoms with Crippen molar-refractivity contribution in [3.63, 3.8) is 0 Å². The molecule has 5 rings (SSSR count). The third kappa shape index (κ3) is 3.84. The Kier molecular flexibility index (Phi) is 5.56. The van der Waals surface area contributed by atoms with Gasteiger partial charge in [0.25, 0.3) is 5.91 Å². The molecule has 0 bridgehead atoms. The van der Waals surface area contributed by atoms with Gasteiger partial charge in [-0.15, -0.1) is 21.5 Å². The zero-order chi connectivity index (χ0) is 22.2. The van der Waals surface area contributed by atoms with Gasteiger partial charge in [0.15, 0.2) is 10.8 Å². The van der Waals surface area contributed by atoms with E-state index in [2.05, 4.69) is 21.0 Å². The number of hydrazine groups is 1. The second-order valence-electron chi connectivity index (χ2n) is 7.85. The Labute approximate surface area is 192 Å². The number of thiophene rings is 1. The molecular weight excluding hydrogens is 444 g/mol. The summed E-state index contributed by atoms with van der Waals surface area (Å²) < 4.78 is 1.92. The van der Waals surface area contributed by atoms with Gasteiger partial charge in [-0.25, -0.2) is 4.98 Å². The Balaban J connectivity index is 1.30. The predicted molar refractivity (Wildman–Crippen MR) is 125 cm³/mol. The van der Waals surface area contributed by atoms with E-state index in [4.69, 9.17) is 4.98 Å². The van der Waals surface area contributed by atoms with Crippen LogP contribution in [-0.2, 0) is 17.6 Å². The van der Waals surface area contributed by atoms with Crippen LogP contribution in [0.5, 0.6) is 0 Å². The molecule has 0 saturated carbocycles. The Bertz CT molecular complexity index is 1340. The maximum atomic E-state index is 12.3. The molecular formula is C22H22N6O2S2. The van der Waals surface area contributed by atoms with Gasteiger partial charge in [0.1, 0.15) is 10.7 Å². The number of benzene rings is 1. The first-order valence-corrected chi connectivity index (χ1v) is 12.3. The average Bonchev–Trinajstić information content (AvgIpc) is 3.37. The molecule has 3 heterocycles. The van der Waals surface area contributed by atoms with Crippen molar-refractivity contribution in [1.82, 2.24) is 30.4 Å². The van der Waals surface area contributed by atoms with Gasteiger partial charge in [0.2, 0.25) is 5.91 Å². The highest BCUT2D eigenvalue weighted by Crippen LogP contribution is 2.38. The number of rotatable bonds is 4. The highest BCUT2D eigenvalue weighted by atomic mass is 32.2. The Morgan fingerprint density at radius 1 is 1.09 bits per heavy atom. The molecule has 32 heavy (non-hydrogen) atoms. The molecule has 2 N–H and O–H groups in total. The van der Waals surface area contributed by atoms with Crippen LogP contribution >= 0.6 is 23.1 Å². The van der Waals surface area contributed by atoms with E-state index in [1.807, 2.05) is 30.4 Å². The van der Waals surface area contributed by atoms with Crippen LogP contribution in [0.1, 0.15) is 45.0 Å². The first kappa shape index (κ1) is 20.9. The molecule has 3 aromatic heterocycles. The molecule has 164 valence electrons. The van der Waals surface area contributed by atoms with Crippen LogP contribution in [0, 0.1) is 13.8 Å². The van der Waals surface area contributed by atoms with Crippen LogP contribution in [-0.4, -0.2) is 37.1 Å². The first-order valence-electron chi connectivity index (χ1n) is 10.5. The van der Waals surface area contributed by atoms with E-state index < -0.39 is 0 Å². The Morgan fingerprint density at radius 2 is 1.88 bits per heavy atom. The molecule has 1 aromatic carbocycles. The summed E-state index contributed by atoms with van der Waals surface area (Å²) in [5, 5.41) is 10.5. The SMILES string of the molecule is Cc1ccc(C(=O)NNC(=O)CSc2nnc3c4c5c(sc4nc(C)n23)CCCC5)cc1. The van der Waals surface area contributed by atoms with E-state index >= 15 is 0 Å². The van der Waals surface area contributed by atoms with Crippen molar-refractivity contribution in [1.29, 1.82) is 0 Å². The van der Waals surface area contributed by atoms with E-state index in [-0.39, 0.29) is 17.6 Å². The summed E-state index contributed by atoms with van der Waals surface area (Å²) in [6.07, 6.45) is 4.56. The molecule has 0 spiro atoms. The fourth-order valence-corrected chi connectivity index (χ4v) is 6.02. The summed E-state index contributed by atoms with van der Waals surface area (Å²) in [6, 6.07) is 7.13. The summed E-state index contributed by atoms with van der Waals surface area (Å²) in [5.74, 6) is 0.202. The zero-order valence-electron chi connectivity index (χ0n) is 17.8. The Morgan fingerprint density at radius 3 is 2.69 bits per heavy atom. The summed E-state index contributed by atoms with van der Waals surface area (Å²) in [5.41, 5.74) is 8.61. The minimum Gasteiger partial charge on any atom is -0.272 e. The number of nitrogens with one attached hydrogen (secondary N) is 2. The molecule has 10 heteroatoms. The third-order valence-electron chi connectivity index (χ3n) is 5.56. The van der Waals surface area contributed by atoms with Gasteiger partial charge in [-0.2, -0.15) is 0 Å². The fraction of sp³-hybridized carbons (Fsp3) is 0.318. The molecule has 2 amide bonds. The molecule has 1 aliphatic rings. The van der Waals surface area contributed by atoms with Crippen molar-refractivity contribution < 1.29 is 9.59 Å². The van der Waals surface area contributed by atoms with Gasteiger partial charge in [-0.3, -0.25) is 24.8 Å². The molecule has 0 saturated heterocycles. The van der Waals surface area contributed by atoms with Gasteiger partial charge in [-0.1, -0.05) is 29.5 Å². The largest absolute Gasteiger partial charge is 0.272 e. The maximum absolute atomic E-state index is 12.3. The van der Waals surface area contributed by atoms with Crippen LogP contribution in [0.25, 0.3) is 15.9 Å². The van der Waals surface area contributed by atoms with E-state index in [1.54, 1.807) is 23.5 Å². The predicted octanol–water partition coefficient (Wildman–Crippen LogP) is 3.39. The number of nitrogens with zero attached hydrogens (tertiary/aromatic N) is 4. The van der Waals surface area contributed by atoms with Gasteiger partial charge in [0.05, 0.1) is 11.1 Å². The van der Waals surface area contributed by atoms with Crippen molar-refractivity contribution in [2.45, 2.75) is 44.7 Å². The van der Waals surface area contributed by atoms with Gasteiger partial charge in [-0.05, 0) is 57.2 Å². The number of thioether (sulfide) groups is 1. The van der Waals surface area contributed by atoms with Crippen LogP contribution in [0.2, 0.25) is 0 Å². The lowest BCUT2D eigenvalue weighted by Crippen LogP contribution is -2.42. The maximum Gasteiger partial charge on any atom is 0.269 e. The molecule has 0 aliphatic heterocycles. The molecule has 0 fully saturated rings. The van der Waals surface area contributed by atoms with Crippen molar-refractivity contribution in [3.8, 4) is 0 Å². The second-order valence-corrected chi connectivity index (χ2v) is 9.87. The lowest BCUT2D eigenvalue weighted by molar-refractivity contribution is -0.119. The van der Waals surface area contributed by atoms with Gasteiger partial charge < -0.3 is 0 Å². The van der Waals surface area contributed by atoms with Crippen molar-refractivity contribution in [2.75, 3.05) is 5.75 Å². The monoisotopic (exact) mass is 466 g/mol. The minimum absolute atomic E-state index is 0.0915. The van der Waals surface area contributed by atoms with Gasteiger partial charge in [0, 0.05) is 10.4 Å². The molecule has 0 atom stereocenters. The summed E-state index contributed by atoms with van der Waals surface area (Å²) >= 11 is 3.03. The van der Waals surface area contributed by atoms with Crippen molar-refractivity contribution >= 4 is 50.8 Å². The highest BCUT2D eigenvalue weighted by molar-refractivity contribution is 7.99. The molecule has 1 aliphatic carbocycles. The van der Waals surface area contributed by atoms with Gasteiger partial charge >= 0.3 is 0 Å². The molecule has 4 aromatic rings. The van der Waals surface area contributed by atoms with Crippen LogP contribution in [0.4, 0.5) is 0 Å². The standard InChI is InChI=1S/C22H22N6O2S2/c1-12-7-9-14(10-8-12)20(30)26-24-17(29)11-31-22-27-25-19-18-15-5-3-4-6-16(15)32-21(18)23-13(2)28(19)22/h7-10H,3-6,11H2,1-2H3,(H,24,29)(H,26,30). The average molecular weight is 467 g/mol. The number of hydrogen-bond donors (Lipinski definition) is 2. The zero-order valence-corrected chi connectivity index (χ0v) is 19.4. The van der Waals surface area contributed by atoms with Crippen LogP contribution < -0.4 is 10.9 Å². The Hall–Kier alpha value is -2.98. The summed E-state index contributed by atoms with van der Waals surface area (Å²) in [4.78, 5) is 31.7. The number of aryl methyl sites for hydroxylation is 4. The lowest BCUT2D eigenvalue weighted by atomic mass is 9.97. The highest BCUT2D eigenvalue weighted by Gasteiger charge is 2.22. The number of hydrogen-bond acceptors (Lipinski definition) is 7. The second kappa shape index (κ2) is 8.51. The van der Waals surface area contributed by atoms with Crippen LogP contribution in [0.15, 0.2) is 29.4 Å². The number of carbonyl (C=O) groups excluding carboxylic acids is 2. The summed E-state index contributed by atoms with van der Waals surface area (Å²) in [7, 11) is 0. The fourth-order valence-electron chi connectivity index (χ4n) is 3.94. The number of aromatic nitrogens is 4. The van der Waals surface area contributed by atoms with Crippen molar-refractivity contribution in [3.05, 3.63) is 51.7 Å². The topological polar surface area (TPSA) is 101 Å². The van der Waals surface area contributed by atoms with E-state index in [1.165, 1.54) is 35.0 Å². The number of fused-ring (bicyclic) bond motifs is 5. The number of amides is 2. The quantitative estimate of drug-likeness (QED) is 0.353. The smallest absolute Gasteiger partial charge is 0.269 e. The third-order valence-corrected chi connectivity index (χ3v) is 7.67. The van der Waals surface area contributed by atoms with E-state index in [9.17, 15) is 9.59 Å². The van der Waals surface area contributed by atoms with E-state index in [0.717, 1.165) is 40.1 Å². The molecule has 8 nitrogen and oxygen atoms in total. The normalized spacial score (nSPS) is 13.3. The lowest BCUT2D eigenvalue weighted by Gasteiger charge is -2.10.